The zero-order valence-corrected chi connectivity index (χ0v) is 5.48. The molecule has 0 radical (unpaired) electrons. The van der Waals surface area contributed by atoms with Crippen LogP contribution in [0, 0.1) is 0 Å². The van der Waals surface area contributed by atoms with E-state index in [1.54, 1.807) is 0 Å². The van der Waals surface area contributed by atoms with Crippen molar-refractivity contribution in [1.82, 2.24) is 5.32 Å². The molecule has 0 spiro atoms. The Balaban J connectivity index is 2.13. The van der Waals surface area contributed by atoms with E-state index >= 15 is 0 Å². The standard InChI is InChI=1S/C6H13NO/c1-5(7-2)6-3-4-8-6/h5-7H,3-4H2,1-2H3. The molecule has 1 saturated heterocycles. The molecule has 0 bridgehead atoms. The van der Waals surface area contributed by atoms with Crippen LogP contribution in [-0.4, -0.2) is 25.8 Å². The van der Waals surface area contributed by atoms with Gasteiger partial charge in [0.25, 0.3) is 0 Å². The van der Waals surface area contributed by atoms with E-state index in [4.69, 9.17) is 4.74 Å². The molecule has 2 atom stereocenters. The first-order chi connectivity index (χ1) is 3.84. The third kappa shape index (κ3) is 1.01. The Bertz CT molecular complexity index is 68.2. The first-order valence-electron chi connectivity index (χ1n) is 3.13. The number of rotatable bonds is 2. The predicted octanol–water partition coefficient (Wildman–Crippen LogP) is 0.383. The molecule has 2 nitrogen and oxygen atoms in total. The van der Waals surface area contributed by atoms with Crippen molar-refractivity contribution >= 4 is 0 Å². The molecule has 8 heavy (non-hydrogen) atoms. The molecule has 1 N–H and O–H groups in total. The van der Waals surface area contributed by atoms with Gasteiger partial charge in [0.05, 0.1) is 6.10 Å². The van der Waals surface area contributed by atoms with Crippen molar-refractivity contribution in [3.63, 3.8) is 0 Å². The molecule has 1 heterocycles. The molecule has 0 aromatic carbocycles. The number of hydrogen-bond donors (Lipinski definition) is 1. The lowest BCUT2D eigenvalue weighted by atomic mass is 10.1. The maximum atomic E-state index is 5.22. The summed E-state index contributed by atoms with van der Waals surface area (Å²) in [4.78, 5) is 0. The highest BCUT2D eigenvalue weighted by atomic mass is 16.5. The van der Waals surface area contributed by atoms with Crippen LogP contribution in [0.3, 0.4) is 0 Å². The van der Waals surface area contributed by atoms with Crippen molar-refractivity contribution < 1.29 is 4.74 Å². The van der Waals surface area contributed by atoms with Crippen LogP contribution in [0.1, 0.15) is 13.3 Å². The van der Waals surface area contributed by atoms with Gasteiger partial charge in [-0.25, -0.2) is 0 Å². The minimum atomic E-state index is 0.486. The molecule has 0 aromatic heterocycles. The SMILES string of the molecule is CNC(C)C1CCO1. The number of hydrogen-bond acceptors (Lipinski definition) is 2. The lowest BCUT2D eigenvalue weighted by Crippen LogP contribution is -2.43. The summed E-state index contributed by atoms with van der Waals surface area (Å²) in [5, 5.41) is 3.14. The largest absolute Gasteiger partial charge is 0.376 e. The van der Waals surface area contributed by atoms with Crippen LogP contribution in [0.15, 0.2) is 0 Å². The van der Waals surface area contributed by atoms with Crippen LogP contribution in [0.2, 0.25) is 0 Å². The normalized spacial score (nSPS) is 31.5. The van der Waals surface area contributed by atoms with E-state index in [9.17, 15) is 0 Å². The van der Waals surface area contributed by atoms with Crippen LogP contribution < -0.4 is 5.32 Å². The van der Waals surface area contributed by atoms with Gasteiger partial charge in [-0.3, -0.25) is 0 Å². The molecule has 1 aliphatic heterocycles. The summed E-state index contributed by atoms with van der Waals surface area (Å²) in [6.45, 7) is 3.10. The van der Waals surface area contributed by atoms with Crippen LogP contribution in [0.5, 0.6) is 0 Å². The highest BCUT2D eigenvalue weighted by Crippen LogP contribution is 2.13. The summed E-state index contributed by atoms with van der Waals surface area (Å²) < 4.78 is 5.22. The zero-order valence-electron chi connectivity index (χ0n) is 5.48. The fourth-order valence-corrected chi connectivity index (χ4v) is 0.834. The molecular weight excluding hydrogens is 102 g/mol. The van der Waals surface area contributed by atoms with E-state index in [1.807, 2.05) is 7.05 Å². The number of ether oxygens (including phenoxy) is 1. The highest BCUT2D eigenvalue weighted by molar-refractivity contribution is 4.76. The number of nitrogens with one attached hydrogen (secondary N) is 1. The van der Waals surface area contributed by atoms with Crippen molar-refractivity contribution in [2.24, 2.45) is 0 Å². The second-order valence-corrected chi connectivity index (χ2v) is 2.28. The maximum Gasteiger partial charge on any atom is 0.0747 e. The molecule has 1 aliphatic rings. The van der Waals surface area contributed by atoms with Crippen LogP contribution in [0.25, 0.3) is 0 Å². The average molecular weight is 115 g/mol. The summed E-state index contributed by atoms with van der Waals surface area (Å²) in [7, 11) is 1.96. The van der Waals surface area contributed by atoms with Gasteiger partial charge in [-0.1, -0.05) is 0 Å². The Morgan fingerprint density at radius 2 is 2.38 bits per heavy atom. The first kappa shape index (κ1) is 6.05. The molecule has 1 fully saturated rings. The van der Waals surface area contributed by atoms with Gasteiger partial charge in [0.15, 0.2) is 0 Å². The monoisotopic (exact) mass is 115 g/mol. The molecule has 0 saturated carbocycles. The molecule has 2 heteroatoms. The van der Waals surface area contributed by atoms with Gasteiger partial charge < -0.3 is 10.1 Å². The summed E-state index contributed by atoms with van der Waals surface area (Å²) in [6, 6.07) is 0.531. The van der Waals surface area contributed by atoms with E-state index in [-0.39, 0.29) is 0 Å². The summed E-state index contributed by atoms with van der Waals surface area (Å²) in [5.41, 5.74) is 0. The lowest BCUT2D eigenvalue weighted by Gasteiger charge is -2.31. The second-order valence-electron chi connectivity index (χ2n) is 2.28. The van der Waals surface area contributed by atoms with Gasteiger partial charge in [0, 0.05) is 12.6 Å². The van der Waals surface area contributed by atoms with E-state index in [0.717, 1.165) is 6.61 Å². The summed E-state index contributed by atoms with van der Waals surface area (Å²) in [5.74, 6) is 0. The van der Waals surface area contributed by atoms with Gasteiger partial charge in [-0.15, -0.1) is 0 Å². The zero-order chi connectivity index (χ0) is 5.98. The number of likely N-dealkylation sites (N-methyl/N-ethyl adjacent to an activating group) is 1. The van der Waals surface area contributed by atoms with Crippen LogP contribution in [-0.2, 0) is 4.74 Å². The summed E-state index contributed by atoms with van der Waals surface area (Å²) in [6.07, 6.45) is 1.71. The smallest absolute Gasteiger partial charge is 0.0747 e. The molecule has 2 unspecified atom stereocenters. The van der Waals surface area contributed by atoms with Crippen molar-refractivity contribution in [2.75, 3.05) is 13.7 Å². The van der Waals surface area contributed by atoms with E-state index in [1.165, 1.54) is 6.42 Å². The van der Waals surface area contributed by atoms with Gasteiger partial charge >= 0.3 is 0 Å². The van der Waals surface area contributed by atoms with E-state index in [0.29, 0.717) is 12.1 Å². The topological polar surface area (TPSA) is 21.3 Å². The molecule has 48 valence electrons. The molecular formula is C6H13NO. The van der Waals surface area contributed by atoms with Gasteiger partial charge in [-0.05, 0) is 20.4 Å². The Morgan fingerprint density at radius 1 is 1.75 bits per heavy atom. The van der Waals surface area contributed by atoms with Crippen molar-refractivity contribution in [3.8, 4) is 0 Å². The van der Waals surface area contributed by atoms with Gasteiger partial charge in [-0.2, -0.15) is 0 Å². The molecule has 0 aliphatic carbocycles. The first-order valence-corrected chi connectivity index (χ1v) is 3.13. The lowest BCUT2D eigenvalue weighted by molar-refractivity contribution is -0.0665. The van der Waals surface area contributed by atoms with E-state index in [2.05, 4.69) is 12.2 Å². The van der Waals surface area contributed by atoms with Crippen molar-refractivity contribution in [1.29, 1.82) is 0 Å². The predicted molar refractivity (Wildman–Crippen MR) is 32.9 cm³/mol. The minimum absolute atomic E-state index is 0.486. The quantitative estimate of drug-likeness (QED) is 0.562. The van der Waals surface area contributed by atoms with Gasteiger partial charge in [0.2, 0.25) is 0 Å². The molecule has 1 rings (SSSR count). The second kappa shape index (κ2) is 2.46. The Hall–Kier alpha value is -0.0800. The Morgan fingerprint density at radius 3 is 2.50 bits per heavy atom. The average Bonchev–Trinajstić information content (AvgIpc) is 1.62. The van der Waals surface area contributed by atoms with Crippen LogP contribution in [0.4, 0.5) is 0 Å². The Kier molecular flexibility index (Phi) is 1.86. The molecule has 0 aromatic rings. The third-order valence-corrected chi connectivity index (χ3v) is 1.75. The fraction of sp³-hybridized carbons (Fsp3) is 1.00. The fourth-order valence-electron chi connectivity index (χ4n) is 0.834. The van der Waals surface area contributed by atoms with Crippen LogP contribution >= 0.6 is 0 Å². The highest BCUT2D eigenvalue weighted by Gasteiger charge is 2.22. The van der Waals surface area contributed by atoms with Gasteiger partial charge in [0.1, 0.15) is 0 Å². The summed E-state index contributed by atoms with van der Waals surface area (Å²) >= 11 is 0. The molecule has 0 amide bonds. The van der Waals surface area contributed by atoms with Crippen molar-refractivity contribution in [2.45, 2.75) is 25.5 Å². The van der Waals surface area contributed by atoms with Crippen molar-refractivity contribution in [3.05, 3.63) is 0 Å². The third-order valence-electron chi connectivity index (χ3n) is 1.75. The maximum absolute atomic E-state index is 5.22. The minimum Gasteiger partial charge on any atom is -0.376 e. The Labute approximate surface area is 50.2 Å². The van der Waals surface area contributed by atoms with E-state index < -0.39 is 0 Å².